The third-order valence-electron chi connectivity index (χ3n) is 2.91. The van der Waals surface area contributed by atoms with Gasteiger partial charge in [-0.2, -0.15) is 0 Å². The van der Waals surface area contributed by atoms with E-state index in [1.165, 1.54) is 6.08 Å². The highest BCUT2D eigenvalue weighted by Crippen LogP contribution is 2.25. The van der Waals surface area contributed by atoms with E-state index in [-0.39, 0.29) is 6.61 Å². The summed E-state index contributed by atoms with van der Waals surface area (Å²) in [5, 5.41) is 16.2. The third-order valence-corrected chi connectivity index (χ3v) is 3.31. The van der Waals surface area contributed by atoms with Gasteiger partial charge in [-0.25, -0.2) is 0 Å². The molecule has 0 aromatic heterocycles. The van der Waals surface area contributed by atoms with E-state index in [1.54, 1.807) is 6.92 Å². The molecule has 1 heterocycles. The minimum Gasteiger partial charge on any atom is -0.390 e. The fourth-order valence-corrected chi connectivity index (χ4v) is 2.06. The monoisotopic (exact) mass is 338 g/mol. The van der Waals surface area contributed by atoms with Gasteiger partial charge in [0.1, 0.15) is 6.04 Å². The number of nitrogens with one attached hydrogen (secondary N) is 1. The van der Waals surface area contributed by atoms with Crippen molar-refractivity contribution in [2.45, 2.75) is 42.3 Å². The number of alkyl halides is 2. The van der Waals surface area contributed by atoms with Gasteiger partial charge in [-0.05, 0) is 12.5 Å². The maximum Gasteiger partial charge on any atom is 0.253 e. The number of nitrogens with zero attached hydrogens (tertiary/aromatic N) is 3. The fraction of sp³-hybridized carbons (Fsp3) is 0.727. The molecule has 1 aliphatic rings. The highest BCUT2D eigenvalue weighted by Gasteiger charge is 2.44. The van der Waals surface area contributed by atoms with E-state index in [0.717, 1.165) is 0 Å². The van der Waals surface area contributed by atoms with E-state index in [4.69, 9.17) is 38.2 Å². The minimum atomic E-state index is -1.31. The number of aliphatic hydroxyl groups is 1. The maximum atomic E-state index is 11.6. The standard InChI is InChI=1S/C11H16Cl2N4O4/c1-3-4-20-11-7(15-10(19)9(12)13)8(18)6(16-17-14)5(2)21-11/h3,5-9,11,18H,1,4H2,2H3,(H,15,19)/t5-,6+,7-,8+,11-/m1/s1. The molecule has 0 aromatic rings. The summed E-state index contributed by atoms with van der Waals surface area (Å²) in [6.45, 7) is 5.27. The second-order valence-corrected chi connectivity index (χ2v) is 5.45. The van der Waals surface area contributed by atoms with Gasteiger partial charge in [0.15, 0.2) is 11.1 Å². The van der Waals surface area contributed by atoms with Crippen molar-refractivity contribution in [1.82, 2.24) is 5.32 Å². The Morgan fingerprint density at radius 3 is 2.90 bits per heavy atom. The number of carbonyl (C=O) groups excluding carboxylic acids is 1. The zero-order chi connectivity index (χ0) is 16.0. The second kappa shape index (κ2) is 8.43. The van der Waals surface area contributed by atoms with Crippen molar-refractivity contribution in [3.8, 4) is 0 Å². The lowest BCUT2D eigenvalue weighted by atomic mass is 9.95. The average Bonchev–Trinajstić information content (AvgIpc) is 2.44. The summed E-state index contributed by atoms with van der Waals surface area (Å²) >= 11 is 10.9. The normalized spacial score (nSPS) is 32.3. The molecule has 1 fully saturated rings. The van der Waals surface area contributed by atoms with E-state index in [0.29, 0.717) is 0 Å². The summed E-state index contributed by atoms with van der Waals surface area (Å²) in [7, 11) is 0. The van der Waals surface area contributed by atoms with Crippen molar-refractivity contribution in [3.63, 3.8) is 0 Å². The molecule has 1 rings (SSSR count). The van der Waals surface area contributed by atoms with E-state index in [2.05, 4.69) is 21.9 Å². The first-order valence-corrected chi connectivity index (χ1v) is 6.98. The summed E-state index contributed by atoms with van der Waals surface area (Å²) in [5.74, 6) is -0.715. The van der Waals surface area contributed by atoms with Gasteiger partial charge in [0.05, 0.1) is 24.9 Å². The predicted octanol–water partition coefficient (Wildman–Crippen LogP) is 1.26. The smallest absolute Gasteiger partial charge is 0.253 e. The maximum absolute atomic E-state index is 11.6. The number of rotatable bonds is 6. The molecular formula is C11H16Cl2N4O4. The second-order valence-electron chi connectivity index (χ2n) is 4.35. The highest BCUT2D eigenvalue weighted by atomic mass is 35.5. The molecule has 0 aliphatic carbocycles. The van der Waals surface area contributed by atoms with Crippen molar-refractivity contribution < 1.29 is 19.4 Å². The Morgan fingerprint density at radius 2 is 2.38 bits per heavy atom. The molecule has 21 heavy (non-hydrogen) atoms. The number of halogens is 2. The van der Waals surface area contributed by atoms with Gasteiger partial charge in [0, 0.05) is 4.91 Å². The Kier molecular flexibility index (Phi) is 7.24. The molecule has 0 aromatic carbocycles. The first-order valence-electron chi connectivity index (χ1n) is 6.11. The van der Waals surface area contributed by atoms with Crippen molar-refractivity contribution in [2.24, 2.45) is 5.11 Å². The quantitative estimate of drug-likeness (QED) is 0.249. The van der Waals surface area contributed by atoms with Crippen LogP contribution in [0.1, 0.15) is 6.92 Å². The van der Waals surface area contributed by atoms with Crippen LogP contribution < -0.4 is 5.32 Å². The van der Waals surface area contributed by atoms with Gasteiger partial charge >= 0.3 is 0 Å². The van der Waals surface area contributed by atoms with Gasteiger partial charge in [-0.1, -0.05) is 34.4 Å². The average molecular weight is 339 g/mol. The largest absolute Gasteiger partial charge is 0.390 e. The van der Waals surface area contributed by atoms with E-state index < -0.39 is 41.3 Å². The number of carbonyl (C=O) groups is 1. The van der Waals surface area contributed by atoms with Crippen molar-refractivity contribution in [2.75, 3.05) is 6.61 Å². The minimum absolute atomic E-state index is 0.147. The fourth-order valence-electron chi connectivity index (χ4n) is 1.94. The van der Waals surface area contributed by atoms with Crippen LogP contribution >= 0.6 is 23.2 Å². The Bertz CT molecular complexity index is 430. The molecule has 1 aliphatic heterocycles. The highest BCUT2D eigenvalue weighted by molar-refractivity contribution is 6.53. The molecule has 1 amide bonds. The van der Waals surface area contributed by atoms with Gasteiger partial charge in [-0.15, -0.1) is 6.58 Å². The first-order chi connectivity index (χ1) is 9.92. The molecule has 0 unspecified atom stereocenters. The molecule has 2 N–H and O–H groups in total. The molecule has 0 bridgehead atoms. The molecule has 8 nitrogen and oxygen atoms in total. The van der Waals surface area contributed by atoms with E-state index in [1.807, 2.05) is 0 Å². The number of amides is 1. The van der Waals surface area contributed by atoms with Gasteiger partial charge < -0.3 is 19.9 Å². The Morgan fingerprint density at radius 1 is 1.71 bits per heavy atom. The first kappa shape index (κ1) is 18.0. The SMILES string of the molecule is C=CCO[C@@H]1O[C@H](C)[C@H](N=[N+]=[N-])[C@H](O)[C@H]1NC(=O)C(Cl)Cl. The topological polar surface area (TPSA) is 117 Å². The summed E-state index contributed by atoms with van der Waals surface area (Å²) in [6.07, 6.45) is -1.27. The summed E-state index contributed by atoms with van der Waals surface area (Å²) in [6, 6.07) is -1.86. The van der Waals surface area contributed by atoms with Gasteiger partial charge in [0.25, 0.3) is 5.91 Å². The van der Waals surface area contributed by atoms with Crippen LogP contribution in [0.3, 0.4) is 0 Å². The summed E-state index contributed by atoms with van der Waals surface area (Å²) in [4.78, 5) is 12.9. The Hall–Kier alpha value is -1.02. The lowest BCUT2D eigenvalue weighted by Crippen LogP contribution is -2.63. The summed E-state index contributed by atoms with van der Waals surface area (Å²) < 4.78 is 10.9. The van der Waals surface area contributed by atoms with E-state index in [9.17, 15) is 9.90 Å². The lowest BCUT2D eigenvalue weighted by Gasteiger charge is -2.42. The molecule has 0 saturated carbocycles. The van der Waals surface area contributed by atoms with E-state index >= 15 is 0 Å². The third kappa shape index (κ3) is 4.74. The molecule has 0 spiro atoms. The number of aliphatic hydroxyl groups excluding tert-OH is 1. The lowest BCUT2D eigenvalue weighted by molar-refractivity contribution is -0.228. The van der Waals surface area contributed by atoms with Crippen molar-refractivity contribution in [3.05, 3.63) is 23.1 Å². The molecule has 1 saturated heterocycles. The van der Waals surface area contributed by atoms with Crippen LogP contribution in [0.2, 0.25) is 0 Å². The van der Waals surface area contributed by atoms with Gasteiger partial charge in [0.2, 0.25) is 0 Å². The van der Waals surface area contributed by atoms with Crippen LogP contribution in [-0.4, -0.2) is 53.0 Å². The Balaban J connectivity index is 2.93. The number of azide groups is 1. The number of ether oxygens (including phenoxy) is 2. The number of hydrogen-bond acceptors (Lipinski definition) is 5. The molecule has 5 atom stereocenters. The van der Waals surface area contributed by atoms with Crippen LogP contribution in [0.15, 0.2) is 17.8 Å². The zero-order valence-corrected chi connectivity index (χ0v) is 12.7. The van der Waals surface area contributed by atoms with Crippen molar-refractivity contribution >= 4 is 29.1 Å². The van der Waals surface area contributed by atoms with Crippen LogP contribution in [0, 0.1) is 0 Å². The predicted molar refractivity (Wildman–Crippen MR) is 76.8 cm³/mol. The van der Waals surface area contributed by atoms with Crippen LogP contribution in [-0.2, 0) is 14.3 Å². The molecule has 118 valence electrons. The van der Waals surface area contributed by atoms with Crippen LogP contribution in [0.4, 0.5) is 0 Å². The van der Waals surface area contributed by atoms with Crippen LogP contribution in [0.5, 0.6) is 0 Å². The summed E-state index contributed by atoms with van der Waals surface area (Å²) in [5.41, 5.74) is 8.54. The van der Waals surface area contributed by atoms with Crippen molar-refractivity contribution in [1.29, 1.82) is 0 Å². The number of hydrogen-bond donors (Lipinski definition) is 2. The molecule has 0 radical (unpaired) electrons. The Labute approximate surface area is 131 Å². The van der Waals surface area contributed by atoms with Crippen LogP contribution in [0.25, 0.3) is 10.4 Å². The molecule has 10 heteroatoms. The molecular weight excluding hydrogens is 323 g/mol. The zero-order valence-electron chi connectivity index (χ0n) is 11.2. The van der Waals surface area contributed by atoms with Gasteiger partial charge in [-0.3, -0.25) is 4.79 Å².